The number of aryl methyl sites for hydroxylation is 1. The molecule has 0 atom stereocenters. The summed E-state index contributed by atoms with van der Waals surface area (Å²) in [6.45, 7) is 2.50. The van der Waals surface area contributed by atoms with Gasteiger partial charge in [-0.05, 0) is 31.2 Å². The molecule has 0 saturated heterocycles. The van der Waals surface area contributed by atoms with E-state index in [-0.39, 0.29) is 5.91 Å². The summed E-state index contributed by atoms with van der Waals surface area (Å²) in [5, 5.41) is 3.28. The van der Waals surface area contributed by atoms with E-state index in [0.717, 1.165) is 11.3 Å². The van der Waals surface area contributed by atoms with Crippen molar-refractivity contribution in [3.8, 4) is 11.5 Å². The van der Waals surface area contributed by atoms with Gasteiger partial charge in [0.15, 0.2) is 0 Å². The first-order chi connectivity index (χ1) is 11.6. The summed E-state index contributed by atoms with van der Waals surface area (Å²) in [6.07, 6.45) is 2.21. The third-order valence-corrected chi connectivity index (χ3v) is 3.97. The van der Waals surface area contributed by atoms with Gasteiger partial charge in [0.1, 0.15) is 6.26 Å². The minimum atomic E-state index is -0.192. The lowest BCUT2D eigenvalue weighted by Crippen LogP contribution is -2.26. The van der Waals surface area contributed by atoms with Crippen molar-refractivity contribution < 1.29 is 9.21 Å². The molecule has 0 radical (unpaired) electrons. The van der Waals surface area contributed by atoms with Crippen molar-refractivity contribution in [3.63, 3.8) is 0 Å². The van der Waals surface area contributed by atoms with Gasteiger partial charge in [-0.1, -0.05) is 41.4 Å². The van der Waals surface area contributed by atoms with Crippen molar-refractivity contribution in [2.24, 2.45) is 0 Å². The predicted molar refractivity (Wildman–Crippen MR) is 94.2 cm³/mol. The molecular weight excluding hydrogens is 324 g/mol. The third kappa shape index (κ3) is 3.84. The molecule has 3 aromatic rings. The highest BCUT2D eigenvalue weighted by molar-refractivity contribution is 6.33. The van der Waals surface area contributed by atoms with Crippen LogP contribution in [0.15, 0.2) is 59.2 Å². The minimum Gasteiger partial charge on any atom is -0.444 e. The zero-order valence-corrected chi connectivity index (χ0v) is 14.0. The third-order valence-electron chi connectivity index (χ3n) is 3.64. The molecule has 0 bridgehead atoms. The average molecular weight is 341 g/mol. The zero-order valence-electron chi connectivity index (χ0n) is 13.3. The molecule has 4 nitrogen and oxygen atoms in total. The Morgan fingerprint density at radius 1 is 1.17 bits per heavy atom. The predicted octanol–water partition coefficient (Wildman–Crippen LogP) is 4.28. The number of carbonyl (C=O) groups excluding carboxylic acids is 1. The smallest absolute Gasteiger partial charge is 0.252 e. The first-order valence-electron chi connectivity index (χ1n) is 7.67. The number of hydrogen-bond acceptors (Lipinski definition) is 3. The summed E-state index contributed by atoms with van der Waals surface area (Å²) >= 11 is 6.01. The van der Waals surface area contributed by atoms with Gasteiger partial charge in [0.2, 0.25) is 5.89 Å². The molecule has 3 rings (SSSR count). The van der Waals surface area contributed by atoms with Crippen molar-refractivity contribution >= 4 is 17.5 Å². The molecule has 0 aliphatic carbocycles. The number of aromatic nitrogens is 1. The lowest BCUT2D eigenvalue weighted by molar-refractivity contribution is 0.0954. The number of nitrogens with one attached hydrogen (secondary N) is 1. The van der Waals surface area contributed by atoms with Gasteiger partial charge in [-0.15, -0.1) is 0 Å². The van der Waals surface area contributed by atoms with Crippen LogP contribution in [0.25, 0.3) is 11.5 Å². The Morgan fingerprint density at radius 3 is 2.67 bits per heavy atom. The van der Waals surface area contributed by atoms with Crippen LogP contribution in [0, 0.1) is 6.92 Å². The number of amides is 1. The van der Waals surface area contributed by atoms with E-state index in [0.29, 0.717) is 29.4 Å². The first-order valence-corrected chi connectivity index (χ1v) is 8.05. The molecule has 1 heterocycles. The fourth-order valence-electron chi connectivity index (χ4n) is 2.30. The maximum absolute atomic E-state index is 12.1. The summed E-state index contributed by atoms with van der Waals surface area (Å²) in [5.41, 5.74) is 3.39. The second-order valence-electron chi connectivity index (χ2n) is 5.50. The molecule has 2 aromatic carbocycles. The summed E-state index contributed by atoms with van der Waals surface area (Å²) in [7, 11) is 0. The van der Waals surface area contributed by atoms with Crippen molar-refractivity contribution in [3.05, 3.63) is 76.6 Å². The SMILES string of the molecule is Cc1ccc(-c2nc(CCNC(=O)c3ccccc3Cl)co2)cc1. The van der Waals surface area contributed by atoms with Gasteiger partial charge in [0.05, 0.1) is 16.3 Å². The second-order valence-corrected chi connectivity index (χ2v) is 5.90. The van der Waals surface area contributed by atoms with Crippen molar-refractivity contribution in [2.75, 3.05) is 6.54 Å². The Labute approximate surface area is 145 Å². The van der Waals surface area contributed by atoms with Gasteiger partial charge in [-0.25, -0.2) is 4.98 Å². The molecule has 1 amide bonds. The van der Waals surface area contributed by atoms with Crippen LogP contribution in [0.4, 0.5) is 0 Å². The highest BCUT2D eigenvalue weighted by Gasteiger charge is 2.10. The van der Waals surface area contributed by atoms with Crippen molar-refractivity contribution in [1.82, 2.24) is 10.3 Å². The van der Waals surface area contributed by atoms with Crippen molar-refractivity contribution in [2.45, 2.75) is 13.3 Å². The summed E-state index contributed by atoms with van der Waals surface area (Å²) < 4.78 is 5.51. The lowest BCUT2D eigenvalue weighted by Gasteiger charge is -2.05. The molecule has 0 saturated carbocycles. The van der Waals surface area contributed by atoms with E-state index >= 15 is 0 Å². The van der Waals surface area contributed by atoms with Gasteiger partial charge < -0.3 is 9.73 Å². The second kappa shape index (κ2) is 7.32. The minimum absolute atomic E-state index is 0.192. The molecule has 1 N–H and O–H groups in total. The molecule has 0 spiro atoms. The van der Waals surface area contributed by atoms with Crippen LogP contribution in [-0.4, -0.2) is 17.4 Å². The Balaban J connectivity index is 1.57. The Bertz CT molecular complexity index is 841. The first kappa shape index (κ1) is 16.3. The van der Waals surface area contributed by atoms with Crippen LogP contribution in [-0.2, 0) is 6.42 Å². The number of rotatable bonds is 5. The van der Waals surface area contributed by atoms with Gasteiger partial charge in [0, 0.05) is 18.5 Å². The van der Waals surface area contributed by atoms with E-state index in [1.807, 2.05) is 31.2 Å². The van der Waals surface area contributed by atoms with Crippen LogP contribution in [0.5, 0.6) is 0 Å². The maximum Gasteiger partial charge on any atom is 0.252 e. The van der Waals surface area contributed by atoms with E-state index < -0.39 is 0 Å². The number of oxazole rings is 1. The number of carbonyl (C=O) groups is 1. The highest BCUT2D eigenvalue weighted by Crippen LogP contribution is 2.19. The Kier molecular flexibility index (Phi) is 4.96. The standard InChI is InChI=1S/C19H17ClN2O2/c1-13-6-8-14(9-7-13)19-22-15(12-24-19)10-11-21-18(23)16-4-2-3-5-17(16)20/h2-9,12H,10-11H2,1H3,(H,21,23). The zero-order chi connectivity index (χ0) is 16.9. The van der Waals surface area contributed by atoms with E-state index in [2.05, 4.69) is 10.3 Å². The quantitative estimate of drug-likeness (QED) is 0.754. The number of halogens is 1. The van der Waals surface area contributed by atoms with Crippen LogP contribution < -0.4 is 5.32 Å². The molecular formula is C19H17ClN2O2. The maximum atomic E-state index is 12.1. The molecule has 0 aliphatic heterocycles. The fraction of sp³-hybridized carbons (Fsp3) is 0.158. The molecule has 0 aliphatic rings. The number of hydrogen-bond donors (Lipinski definition) is 1. The van der Waals surface area contributed by atoms with Gasteiger partial charge in [0.25, 0.3) is 5.91 Å². The highest BCUT2D eigenvalue weighted by atomic mass is 35.5. The van der Waals surface area contributed by atoms with E-state index in [1.54, 1.807) is 30.5 Å². The van der Waals surface area contributed by atoms with Crippen molar-refractivity contribution in [1.29, 1.82) is 0 Å². The van der Waals surface area contributed by atoms with Crippen LogP contribution in [0.2, 0.25) is 5.02 Å². The molecule has 1 aromatic heterocycles. The lowest BCUT2D eigenvalue weighted by atomic mass is 10.1. The normalized spacial score (nSPS) is 10.6. The van der Waals surface area contributed by atoms with Gasteiger partial charge in [-0.3, -0.25) is 4.79 Å². The summed E-state index contributed by atoms with van der Waals surface area (Å²) in [5.74, 6) is 0.394. The summed E-state index contributed by atoms with van der Waals surface area (Å²) in [6, 6.07) is 15.0. The van der Waals surface area contributed by atoms with E-state index in [1.165, 1.54) is 5.56 Å². The van der Waals surface area contributed by atoms with E-state index in [4.69, 9.17) is 16.0 Å². The summed E-state index contributed by atoms with van der Waals surface area (Å²) in [4.78, 5) is 16.5. The van der Waals surface area contributed by atoms with Gasteiger partial charge in [-0.2, -0.15) is 0 Å². The monoisotopic (exact) mass is 340 g/mol. The fourth-order valence-corrected chi connectivity index (χ4v) is 2.52. The van der Waals surface area contributed by atoms with Crippen LogP contribution in [0.1, 0.15) is 21.6 Å². The number of benzene rings is 2. The molecule has 24 heavy (non-hydrogen) atoms. The van der Waals surface area contributed by atoms with E-state index in [9.17, 15) is 4.79 Å². The van der Waals surface area contributed by atoms with Crippen LogP contribution in [0.3, 0.4) is 0 Å². The molecule has 122 valence electrons. The number of nitrogens with zero attached hydrogens (tertiary/aromatic N) is 1. The Hall–Kier alpha value is -2.59. The largest absolute Gasteiger partial charge is 0.444 e. The molecule has 0 fully saturated rings. The topological polar surface area (TPSA) is 55.1 Å². The molecule has 5 heteroatoms. The molecule has 0 unspecified atom stereocenters. The Morgan fingerprint density at radius 2 is 1.92 bits per heavy atom. The van der Waals surface area contributed by atoms with Gasteiger partial charge >= 0.3 is 0 Å². The average Bonchev–Trinajstić information content (AvgIpc) is 3.04. The van der Waals surface area contributed by atoms with Crippen LogP contribution >= 0.6 is 11.6 Å².